The van der Waals surface area contributed by atoms with E-state index in [0.717, 1.165) is 4.80 Å². The molecule has 0 fully saturated rings. The number of methoxy groups -OCH3 is 1. The summed E-state index contributed by atoms with van der Waals surface area (Å²) < 4.78 is 17.6. The molecule has 0 atom stereocenters. The third kappa shape index (κ3) is 4.07. The first-order valence-electron chi connectivity index (χ1n) is 7.57. The number of carbonyl (C=O) groups excluding carboxylic acids is 2. The number of benzene rings is 2. The highest BCUT2D eigenvalue weighted by molar-refractivity contribution is 5.94. The molecule has 0 radical (unpaired) electrons. The Morgan fingerprint density at radius 2 is 1.96 bits per heavy atom. The summed E-state index contributed by atoms with van der Waals surface area (Å²) in [6.45, 7) is -0.170. The Hall–Kier alpha value is -3.62. The normalized spacial score (nSPS) is 10.4. The minimum absolute atomic E-state index is 0.170. The molecule has 1 heterocycles. The van der Waals surface area contributed by atoms with Gasteiger partial charge in [0.25, 0.3) is 0 Å². The van der Waals surface area contributed by atoms with Crippen LogP contribution in [0, 0.1) is 5.82 Å². The fraction of sp³-hybridized carbons (Fsp3) is 0.118. The molecule has 0 spiro atoms. The first-order chi connectivity index (χ1) is 12.5. The number of hydrogen-bond donors (Lipinski definition) is 1. The summed E-state index contributed by atoms with van der Waals surface area (Å²) in [4.78, 5) is 24.8. The van der Waals surface area contributed by atoms with Crippen LogP contribution in [-0.4, -0.2) is 39.2 Å². The SMILES string of the molecule is COC(=O)c1cccc(NC(=O)Cn2nnc(-c3ccc(F)cc3)n2)c1. The summed E-state index contributed by atoms with van der Waals surface area (Å²) in [6.07, 6.45) is 0. The second kappa shape index (κ2) is 7.51. The van der Waals surface area contributed by atoms with Crippen LogP contribution in [0.15, 0.2) is 48.5 Å². The molecule has 0 aliphatic heterocycles. The third-order valence-corrected chi connectivity index (χ3v) is 3.41. The molecule has 26 heavy (non-hydrogen) atoms. The van der Waals surface area contributed by atoms with Crippen LogP contribution in [0.25, 0.3) is 11.4 Å². The summed E-state index contributed by atoms with van der Waals surface area (Å²) >= 11 is 0. The van der Waals surface area contributed by atoms with E-state index in [0.29, 0.717) is 16.8 Å². The largest absolute Gasteiger partial charge is 0.465 e. The van der Waals surface area contributed by atoms with Crippen molar-refractivity contribution >= 4 is 17.6 Å². The Bertz CT molecular complexity index is 940. The Balaban J connectivity index is 1.65. The number of ether oxygens (including phenoxy) is 1. The average molecular weight is 355 g/mol. The summed E-state index contributed by atoms with van der Waals surface area (Å²) in [5.41, 5.74) is 1.35. The van der Waals surface area contributed by atoms with Crippen LogP contribution in [0.2, 0.25) is 0 Å². The topological polar surface area (TPSA) is 99.0 Å². The van der Waals surface area contributed by atoms with Crippen LogP contribution in [0.1, 0.15) is 10.4 Å². The molecule has 2 aromatic carbocycles. The minimum atomic E-state index is -0.497. The number of amides is 1. The van der Waals surface area contributed by atoms with Gasteiger partial charge in [-0.05, 0) is 47.7 Å². The van der Waals surface area contributed by atoms with E-state index in [1.54, 1.807) is 18.2 Å². The maximum atomic E-state index is 12.9. The van der Waals surface area contributed by atoms with E-state index in [4.69, 9.17) is 0 Å². The predicted octanol–water partition coefficient (Wildman–Crippen LogP) is 1.90. The predicted molar refractivity (Wildman–Crippen MR) is 89.6 cm³/mol. The first-order valence-corrected chi connectivity index (χ1v) is 7.57. The van der Waals surface area contributed by atoms with Gasteiger partial charge in [-0.25, -0.2) is 9.18 Å². The third-order valence-electron chi connectivity index (χ3n) is 3.41. The number of tetrazole rings is 1. The molecule has 0 aliphatic carbocycles. The van der Waals surface area contributed by atoms with E-state index in [1.807, 2.05) is 0 Å². The molecule has 1 N–H and O–H groups in total. The maximum absolute atomic E-state index is 12.9. The van der Waals surface area contributed by atoms with Gasteiger partial charge >= 0.3 is 5.97 Å². The monoisotopic (exact) mass is 355 g/mol. The van der Waals surface area contributed by atoms with E-state index < -0.39 is 11.9 Å². The Kier molecular flexibility index (Phi) is 4.97. The average Bonchev–Trinajstić information content (AvgIpc) is 3.10. The Labute approximate surface area is 147 Å². The number of aromatic nitrogens is 4. The second-order valence-corrected chi connectivity index (χ2v) is 5.27. The van der Waals surface area contributed by atoms with Crippen LogP contribution in [0.5, 0.6) is 0 Å². The number of halogens is 1. The number of hydrogen-bond acceptors (Lipinski definition) is 6. The van der Waals surface area contributed by atoms with Gasteiger partial charge in [-0.3, -0.25) is 4.79 Å². The van der Waals surface area contributed by atoms with Crippen molar-refractivity contribution in [2.75, 3.05) is 12.4 Å². The van der Waals surface area contributed by atoms with E-state index >= 15 is 0 Å². The zero-order valence-corrected chi connectivity index (χ0v) is 13.7. The van der Waals surface area contributed by atoms with Crippen molar-refractivity contribution in [2.24, 2.45) is 0 Å². The lowest BCUT2D eigenvalue weighted by Crippen LogP contribution is -2.20. The van der Waals surface area contributed by atoms with Crippen molar-refractivity contribution in [3.8, 4) is 11.4 Å². The molecular weight excluding hydrogens is 341 g/mol. The highest BCUT2D eigenvalue weighted by atomic mass is 19.1. The summed E-state index contributed by atoms with van der Waals surface area (Å²) in [5.74, 6) is -0.974. The van der Waals surface area contributed by atoms with Crippen molar-refractivity contribution in [3.05, 3.63) is 59.9 Å². The fourth-order valence-corrected chi connectivity index (χ4v) is 2.20. The van der Waals surface area contributed by atoms with Gasteiger partial charge in [0.1, 0.15) is 12.4 Å². The molecule has 9 heteroatoms. The molecule has 3 rings (SSSR count). The van der Waals surface area contributed by atoms with E-state index in [2.05, 4.69) is 25.5 Å². The quantitative estimate of drug-likeness (QED) is 0.702. The molecule has 1 aromatic heterocycles. The number of rotatable bonds is 5. The van der Waals surface area contributed by atoms with Gasteiger partial charge in [0.05, 0.1) is 12.7 Å². The first kappa shape index (κ1) is 17.2. The van der Waals surface area contributed by atoms with Crippen molar-refractivity contribution < 1.29 is 18.7 Å². The highest BCUT2D eigenvalue weighted by Gasteiger charge is 2.11. The van der Waals surface area contributed by atoms with Gasteiger partial charge in [-0.1, -0.05) is 6.07 Å². The van der Waals surface area contributed by atoms with Crippen LogP contribution in [0.4, 0.5) is 10.1 Å². The number of carbonyl (C=O) groups is 2. The molecule has 8 nitrogen and oxygen atoms in total. The van der Waals surface area contributed by atoms with Crippen LogP contribution in [-0.2, 0) is 16.1 Å². The summed E-state index contributed by atoms with van der Waals surface area (Å²) in [7, 11) is 1.28. The van der Waals surface area contributed by atoms with Gasteiger partial charge in [-0.15, -0.1) is 10.2 Å². The Morgan fingerprint density at radius 3 is 2.69 bits per heavy atom. The van der Waals surface area contributed by atoms with Gasteiger partial charge in [0.15, 0.2) is 0 Å². The van der Waals surface area contributed by atoms with Gasteiger partial charge in [0.2, 0.25) is 11.7 Å². The molecule has 0 saturated heterocycles. The lowest BCUT2D eigenvalue weighted by Gasteiger charge is -2.06. The Morgan fingerprint density at radius 1 is 1.19 bits per heavy atom. The minimum Gasteiger partial charge on any atom is -0.465 e. The second-order valence-electron chi connectivity index (χ2n) is 5.27. The summed E-state index contributed by atoms with van der Waals surface area (Å²) in [6, 6.07) is 12.0. The van der Waals surface area contributed by atoms with Crippen molar-refractivity contribution in [1.29, 1.82) is 0 Å². The van der Waals surface area contributed by atoms with Crippen molar-refractivity contribution in [1.82, 2.24) is 20.2 Å². The lowest BCUT2D eigenvalue weighted by molar-refractivity contribution is -0.117. The molecule has 132 valence electrons. The number of esters is 1. The van der Waals surface area contributed by atoms with Crippen LogP contribution >= 0.6 is 0 Å². The smallest absolute Gasteiger partial charge is 0.337 e. The van der Waals surface area contributed by atoms with Crippen molar-refractivity contribution in [2.45, 2.75) is 6.54 Å². The maximum Gasteiger partial charge on any atom is 0.337 e. The molecule has 3 aromatic rings. The van der Waals surface area contributed by atoms with Gasteiger partial charge < -0.3 is 10.1 Å². The zero-order valence-electron chi connectivity index (χ0n) is 13.7. The van der Waals surface area contributed by atoms with Gasteiger partial charge in [-0.2, -0.15) is 4.80 Å². The van der Waals surface area contributed by atoms with Crippen LogP contribution in [0.3, 0.4) is 0 Å². The van der Waals surface area contributed by atoms with E-state index in [1.165, 1.54) is 37.4 Å². The molecule has 0 aliphatic rings. The van der Waals surface area contributed by atoms with E-state index in [-0.39, 0.29) is 18.2 Å². The number of anilines is 1. The standard InChI is InChI=1S/C17H14FN5O3/c1-26-17(25)12-3-2-4-14(9-12)19-15(24)10-23-21-16(20-22-23)11-5-7-13(18)8-6-11/h2-9H,10H2,1H3,(H,19,24). The molecule has 1 amide bonds. The van der Waals surface area contributed by atoms with E-state index in [9.17, 15) is 14.0 Å². The highest BCUT2D eigenvalue weighted by Crippen LogP contribution is 2.14. The number of nitrogens with zero attached hydrogens (tertiary/aromatic N) is 4. The molecule has 0 unspecified atom stereocenters. The lowest BCUT2D eigenvalue weighted by atomic mass is 10.2. The van der Waals surface area contributed by atoms with Crippen LogP contribution < -0.4 is 5.32 Å². The van der Waals surface area contributed by atoms with Crippen molar-refractivity contribution in [3.63, 3.8) is 0 Å². The fourth-order valence-electron chi connectivity index (χ4n) is 2.20. The molecule has 0 saturated carbocycles. The number of nitrogens with one attached hydrogen (secondary N) is 1. The summed E-state index contributed by atoms with van der Waals surface area (Å²) in [5, 5.41) is 14.4. The zero-order chi connectivity index (χ0) is 18.5. The molecular formula is C17H14FN5O3. The molecule has 0 bridgehead atoms. The van der Waals surface area contributed by atoms with Gasteiger partial charge in [0, 0.05) is 11.3 Å².